The summed E-state index contributed by atoms with van der Waals surface area (Å²) in [7, 11) is 0. The Balaban J connectivity index is 1.88. The van der Waals surface area contributed by atoms with Crippen molar-refractivity contribution in [2.24, 2.45) is 0 Å². The Morgan fingerprint density at radius 3 is 2.90 bits per heavy atom. The van der Waals surface area contributed by atoms with Crippen LogP contribution in [0.15, 0.2) is 30.3 Å². The van der Waals surface area contributed by atoms with E-state index in [-0.39, 0.29) is 0 Å². The largest absolute Gasteiger partial charge is 0.506 e. The molecule has 0 saturated carbocycles. The molecule has 102 valence electrons. The Morgan fingerprint density at radius 1 is 1.20 bits per heavy atom. The van der Waals surface area contributed by atoms with Crippen LogP contribution in [0.25, 0.3) is 11.0 Å². The van der Waals surface area contributed by atoms with Crippen LogP contribution >= 0.6 is 45.2 Å². The van der Waals surface area contributed by atoms with Crippen molar-refractivity contribution in [1.29, 1.82) is 0 Å². The highest BCUT2D eigenvalue weighted by Gasteiger charge is 2.09. The molecule has 3 rings (SSSR count). The van der Waals surface area contributed by atoms with E-state index in [0.717, 1.165) is 29.4 Å². The third kappa shape index (κ3) is 2.68. The van der Waals surface area contributed by atoms with Gasteiger partial charge in [-0.1, -0.05) is 6.07 Å². The van der Waals surface area contributed by atoms with Gasteiger partial charge < -0.3 is 10.4 Å². The number of aromatic hydroxyl groups is 1. The van der Waals surface area contributed by atoms with Crippen LogP contribution in [-0.4, -0.2) is 20.5 Å². The van der Waals surface area contributed by atoms with Crippen LogP contribution in [0, 0.1) is 7.14 Å². The van der Waals surface area contributed by atoms with Crippen molar-refractivity contribution in [3.05, 3.63) is 43.0 Å². The van der Waals surface area contributed by atoms with Crippen LogP contribution in [0.5, 0.6) is 5.75 Å². The van der Waals surface area contributed by atoms with Crippen LogP contribution in [0.1, 0.15) is 5.56 Å². The number of hydrogen-bond donors (Lipinski definition) is 3. The van der Waals surface area contributed by atoms with E-state index in [1.54, 1.807) is 0 Å². The maximum Gasteiger partial charge on any atom is 0.136 e. The van der Waals surface area contributed by atoms with Crippen LogP contribution in [-0.2, 0) is 6.54 Å². The smallest absolute Gasteiger partial charge is 0.136 e. The second kappa shape index (κ2) is 5.72. The number of fused-ring (bicyclic) bond motifs is 1. The molecule has 20 heavy (non-hydrogen) atoms. The zero-order valence-electron chi connectivity index (χ0n) is 10.2. The lowest BCUT2D eigenvalue weighted by molar-refractivity contribution is 0.465. The van der Waals surface area contributed by atoms with E-state index in [2.05, 4.69) is 65.9 Å². The van der Waals surface area contributed by atoms with E-state index in [9.17, 15) is 5.11 Å². The molecule has 0 spiro atoms. The van der Waals surface area contributed by atoms with Gasteiger partial charge in [0.1, 0.15) is 16.8 Å². The van der Waals surface area contributed by atoms with Crippen molar-refractivity contribution in [2.75, 3.05) is 5.32 Å². The highest BCUT2D eigenvalue weighted by molar-refractivity contribution is 14.1. The molecule has 7 heteroatoms. The van der Waals surface area contributed by atoms with E-state index in [1.165, 1.54) is 0 Å². The minimum absolute atomic E-state index is 0.325. The minimum atomic E-state index is 0.325. The number of nitrogens with one attached hydrogen (secondary N) is 2. The van der Waals surface area contributed by atoms with Crippen LogP contribution in [0.3, 0.4) is 0 Å². The van der Waals surface area contributed by atoms with Crippen molar-refractivity contribution in [2.45, 2.75) is 6.54 Å². The molecule has 0 aliphatic rings. The zero-order chi connectivity index (χ0) is 14.1. The monoisotopic (exact) mass is 492 g/mol. The standard InChI is InChI=1S/C13H10I2N4O/c14-8-4-7(13(20)9(15)5-8)6-16-10-2-1-3-11-12(10)18-19-17-11/h1-5,16,20H,6H2,(H,17,18,19). The van der Waals surface area contributed by atoms with Gasteiger partial charge in [-0.2, -0.15) is 15.4 Å². The van der Waals surface area contributed by atoms with Gasteiger partial charge >= 0.3 is 0 Å². The van der Waals surface area contributed by atoms with Crippen molar-refractivity contribution >= 4 is 61.9 Å². The molecule has 2 aromatic carbocycles. The molecule has 0 unspecified atom stereocenters. The number of phenols is 1. The summed E-state index contributed by atoms with van der Waals surface area (Å²) in [5, 5.41) is 24.2. The number of hydrogen-bond acceptors (Lipinski definition) is 4. The Hall–Kier alpha value is -1.10. The number of para-hydroxylation sites is 1. The first-order valence-corrected chi connectivity index (χ1v) is 8.01. The average Bonchev–Trinajstić information content (AvgIpc) is 2.90. The first-order valence-electron chi connectivity index (χ1n) is 5.85. The van der Waals surface area contributed by atoms with Crippen LogP contribution in [0.4, 0.5) is 5.69 Å². The molecule has 1 heterocycles. The fourth-order valence-electron chi connectivity index (χ4n) is 1.96. The summed E-state index contributed by atoms with van der Waals surface area (Å²) in [4.78, 5) is 0. The number of H-pyrrole nitrogens is 1. The van der Waals surface area contributed by atoms with Gasteiger partial charge in [-0.15, -0.1) is 0 Å². The SMILES string of the molecule is Oc1c(I)cc(I)cc1CNc1cccc2n[nH]nc12. The van der Waals surface area contributed by atoms with E-state index >= 15 is 0 Å². The van der Waals surface area contributed by atoms with E-state index in [1.807, 2.05) is 30.3 Å². The van der Waals surface area contributed by atoms with Crippen molar-refractivity contribution in [3.8, 4) is 5.75 Å². The Bertz CT molecular complexity index is 772. The Labute approximate surface area is 142 Å². The summed E-state index contributed by atoms with van der Waals surface area (Å²) in [6.45, 7) is 0.532. The summed E-state index contributed by atoms with van der Waals surface area (Å²) >= 11 is 4.38. The molecular formula is C13H10I2N4O. The molecule has 0 atom stereocenters. The molecule has 3 N–H and O–H groups in total. The number of phenolic OH excluding ortho intramolecular Hbond substituents is 1. The van der Waals surface area contributed by atoms with E-state index in [0.29, 0.717) is 12.3 Å². The molecule has 0 bridgehead atoms. The van der Waals surface area contributed by atoms with Gasteiger partial charge in [0.2, 0.25) is 0 Å². The third-order valence-electron chi connectivity index (χ3n) is 2.92. The second-order valence-electron chi connectivity index (χ2n) is 4.25. The predicted octanol–water partition coefficient (Wildman–Crippen LogP) is 3.48. The topological polar surface area (TPSA) is 73.8 Å². The highest BCUT2D eigenvalue weighted by Crippen LogP contribution is 2.28. The highest BCUT2D eigenvalue weighted by atomic mass is 127. The zero-order valence-corrected chi connectivity index (χ0v) is 14.5. The number of aromatic nitrogens is 3. The maximum absolute atomic E-state index is 10.1. The number of benzene rings is 2. The number of nitrogens with zero attached hydrogens (tertiary/aromatic N) is 2. The van der Waals surface area contributed by atoms with E-state index < -0.39 is 0 Å². The van der Waals surface area contributed by atoms with Gasteiger partial charge in [0.15, 0.2) is 0 Å². The summed E-state index contributed by atoms with van der Waals surface area (Å²) in [6.07, 6.45) is 0. The average molecular weight is 492 g/mol. The summed E-state index contributed by atoms with van der Waals surface area (Å²) in [5.74, 6) is 0.325. The molecule has 1 aromatic heterocycles. The predicted molar refractivity (Wildman–Crippen MR) is 94.8 cm³/mol. The van der Waals surface area contributed by atoms with Crippen LogP contribution in [0.2, 0.25) is 0 Å². The molecule has 0 aliphatic heterocycles. The lowest BCUT2D eigenvalue weighted by atomic mass is 10.2. The van der Waals surface area contributed by atoms with Crippen molar-refractivity contribution in [1.82, 2.24) is 15.4 Å². The van der Waals surface area contributed by atoms with Gasteiger partial charge in [-0.05, 0) is 69.4 Å². The number of anilines is 1. The molecular weight excluding hydrogens is 482 g/mol. The maximum atomic E-state index is 10.1. The van der Waals surface area contributed by atoms with Crippen molar-refractivity contribution < 1.29 is 5.11 Å². The first-order chi connectivity index (χ1) is 9.65. The molecule has 5 nitrogen and oxygen atoms in total. The van der Waals surface area contributed by atoms with Gasteiger partial charge in [0, 0.05) is 15.7 Å². The molecule has 0 fully saturated rings. The van der Waals surface area contributed by atoms with E-state index in [4.69, 9.17) is 0 Å². The minimum Gasteiger partial charge on any atom is -0.506 e. The van der Waals surface area contributed by atoms with Gasteiger partial charge in [0.25, 0.3) is 0 Å². The quantitative estimate of drug-likeness (QED) is 0.490. The van der Waals surface area contributed by atoms with Gasteiger partial charge in [-0.25, -0.2) is 0 Å². The molecule has 0 radical (unpaired) electrons. The molecule has 0 aliphatic carbocycles. The lowest BCUT2D eigenvalue weighted by Crippen LogP contribution is -2.01. The molecule has 0 amide bonds. The fraction of sp³-hybridized carbons (Fsp3) is 0.0769. The summed E-state index contributed by atoms with van der Waals surface area (Å²) in [5.41, 5.74) is 3.37. The Morgan fingerprint density at radius 2 is 2.05 bits per heavy atom. The summed E-state index contributed by atoms with van der Waals surface area (Å²) < 4.78 is 1.95. The number of aromatic amines is 1. The Kier molecular flexibility index (Phi) is 3.96. The normalized spacial score (nSPS) is 10.9. The lowest BCUT2D eigenvalue weighted by Gasteiger charge is -2.10. The summed E-state index contributed by atoms with van der Waals surface area (Å²) in [6, 6.07) is 9.68. The first kappa shape index (κ1) is 13.9. The molecule has 0 saturated heterocycles. The molecule has 3 aromatic rings. The second-order valence-corrected chi connectivity index (χ2v) is 6.65. The van der Waals surface area contributed by atoms with Gasteiger partial charge in [-0.3, -0.25) is 0 Å². The number of rotatable bonds is 3. The number of halogens is 2. The fourth-order valence-corrected chi connectivity index (χ4v) is 3.92. The van der Waals surface area contributed by atoms with Crippen LogP contribution < -0.4 is 5.32 Å². The van der Waals surface area contributed by atoms with Gasteiger partial charge in [0.05, 0.1) is 9.26 Å². The van der Waals surface area contributed by atoms with Crippen molar-refractivity contribution in [3.63, 3.8) is 0 Å². The third-order valence-corrected chi connectivity index (χ3v) is 4.37.